The van der Waals surface area contributed by atoms with E-state index >= 15 is 0 Å². The van der Waals surface area contributed by atoms with E-state index in [9.17, 15) is 4.79 Å². The molecule has 0 aromatic carbocycles. The van der Waals surface area contributed by atoms with Crippen molar-refractivity contribution in [1.82, 2.24) is 0 Å². The number of rotatable bonds is 4. The molecule has 11 heavy (non-hydrogen) atoms. The van der Waals surface area contributed by atoms with Crippen molar-refractivity contribution in [2.24, 2.45) is 5.73 Å². The van der Waals surface area contributed by atoms with Crippen molar-refractivity contribution < 1.29 is 9.53 Å². The van der Waals surface area contributed by atoms with Crippen molar-refractivity contribution in [3.05, 3.63) is 0 Å². The lowest BCUT2D eigenvalue weighted by Crippen LogP contribution is -2.10. The van der Waals surface area contributed by atoms with Gasteiger partial charge in [-0.05, 0) is 6.42 Å². The van der Waals surface area contributed by atoms with Crippen LogP contribution in [0, 0.1) is 5.41 Å². The zero-order valence-corrected chi connectivity index (χ0v) is 7.24. The molecule has 5 heteroatoms. The molecule has 0 aliphatic rings. The van der Waals surface area contributed by atoms with Crippen LogP contribution in [0.1, 0.15) is 19.3 Å². The first kappa shape index (κ1) is 12.9. The molecule has 0 saturated heterocycles. The van der Waals surface area contributed by atoms with Crippen molar-refractivity contribution in [2.45, 2.75) is 19.3 Å². The number of ether oxygens (including phenoxy) is 1. The number of nitrogens with one attached hydrogen (secondary N) is 1. The molecule has 0 aromatic rings. The van der Waals surface area contributed by atoms with Gasteiger partial charge >= 0.3 is 5.97 Å². The highest BCUT2D eigenvalue weighted by Crippen LogP contribution is 1.95. The summed E-state index contributed by atoms with van der Waals surface area (Å²) < 4.78 is 4.38. The number of amidine groups is 1. The Bertz CT molecular complexity index is 139. The molecule has 0 atom stereocenters. The molecule has 0 spiro atoms. The minimum atomic E-state index is -0.249. The van der Waals surface area contributed by atoms with E-state index in [2.05, 4.69) is 4.74 Å². The minimum Gasteiger partial charge on any atom is -0.469 e. The standard InChI is InChI=1S/C6H12N2O2.ClH/c1-10-6(9)4-2-3-5(7)8;/h2-4H2,1H3,(H3,7,8);1H. The van der Waals surface area contributed by atoms with E-state index in [1.165, 1.54) is 7.11 Å². The van der Waals surface area contributed by atoms with Crippen molar-refractivity contribution >= 4 is 24.2 Å². The van der Waals surface area contributed by atoms with Crippen LogP contribution in [0.5, 0.6) is 0 Å². The average molecular weight is 181 g/mol. The number of carbonyl (C=O) groups excluding carboxylic acids is 1. The summed E-state index contributed by atoms with van der Waals surface area (Å²) in [6.45, 7) is 0. The Labute approximate surface area is 72.0 Å². The van der Waals surface area contributed by atoms with E-state index in [1.807, 2.05) is 0 Å². The van der Waals surface area contributed by atoms with Gasteiger partial charge in [0.15, 0.2) is 0 Å². The Kier molecular flexibility index (Phi) is 8.58. The van der Waals surface area contributed by atoms with Crippen molar-refractivity contribution in [3.63, 3.8) is 0 Å². The second-order valence-electron chi connectivity index (χ2n) is 1.95. The minimum absolute atomic E-state index is 0. The monoisotopic (exact) mass is 180 g/mol. The first-order chi connectivity index (χ1) is 4.66. The Morgan fingerprint density at radius 2 is 2.09 bits per heavy atom. The summed E-state index contributed by atoms with van der Waals surface area (Å²) in [5.41, 5.74) is 5.05. The predicted octanol–water partition coefficient (Wildman–Crippen LogP) is 0.687. The lowest BCUT2D eigenvalue weighted by atomic mass is 10.2. The first-order valence-corrected chi connectivity index (χ1v) is 3.06. The zero-order valence-electron chi connectivity index (χ0n) is 6.42. The molecule has 0 bridgehead atoms. The Balaban J connectivity index is 0. The SMILES string of the molecule is COC(=O)CCCC(=N)N.Cl. The first-order valence-electron chi connectivity index (χ1n) is 3.06. The van der Waals surface area contributed by atoms with Crippen LogP contribution in [0.3, 0.4) is 0 Å². The normalized spacial score (nSPS) is 8.09. The molecule has 4 nitrogen and oxygen atoms in total. The van der Waals surface area contributed by atoms with Crippen LogP contribution >= 0.6 is 12.4 Å². The highest BCUT2D eigenvalue weighted by atomic mass is 35.5. The van der Waals surface area contributed by atoms with Crippen LogP contribution in [0.4, 0.5) is 0 Å². The van der Waals surface area contributed by atoms with E-state index in [4.69, 9.17) is 11.1 Å². The summed E-state index contributed by atoms with van der Waals surface area (Å²) in [6.07, 6.45) is 1.41. The highest BCUT2D eigenvalue weighted by Gasteiger charge is 1.98. The molecule has 66 valence electrons. The summed E-state index contributed by atoms with van der Waals surface area (Å²) in [4.78, 5) is 10.5. The molecule has 0 aliphatic carbocycles. The van der Waals surface area contributed by atoms with Crippen LogP contribution in [0.15, 0.2) is 0 Å². The third-order valence-electron chi connectivity index (χ3n) is 1.05. The van der Waals surface area contributed by atoms with Gasteiger partial charge in [-0.3, -0.25) is 10.2 Å². The molecule has 0 unspecified atom stereocenters. The molecule has 0 radical (unpaired) electrons. The van der Waals surface area contributed by atoms with Gasteiger partial charge in [0.2, 0.25) is 0 Å². The van der Waals surface area contributed by atoms with E-state index in [0.29, 0.717) is 19.3 Å². The quantitative estimate of drug-likeness (QED) is 0.380. The largest absolute Gasteiger partial charge is 0.469 e. The molecule has 3 N–H and O–H groups in total. The summed E-state index contributed by atoms with van der Waals surface area (Å²) in [6, 6.07) is 0. The fourth-order valence-corrected chi connectivity index (χ4v) is 0.525. The summed E-state index contributed by atoms with van der Waals surface area (Å²) in [5, 5.41) is 6.82. The summed E-state index contributed by atoms with van der Waals surface area (Å²) in [7, 11) is 1.34. The molecule has 0 aromatic heterocycles. The maximum Gasteiger partial charge on any atom is 0.305 e. The zero-order chi connectivity index (χ0) is 7.98. The van der Waals surface area contributed by atoms with Crippen LogP contribution in [-0.2, 0) is 9.53 Å². The van der Waals surface area contributed by atoms with Gasteiger partial charge in [0.25, 0.3) is 0 Å². The molecule has 0 fully saturated rings. The van der Waals surface area contributed by atoms with Gasteiger partial charge in [-0.25, -0.2) is 0 Å². The van der Waals surface area contributed by atoms with Crippen molar-refractivity contribution in [1.29, 1.82) is 5.41 Å². The number of esters is 1. The van der Waals surface area contributed by atoms with Gasteiger partial charge in [0, 0.05) is 12.8 Å². The highest BCUT2D eigenvalue weighted by molar-refractivity contribution is 5.85. The van der Waals surface area contributed by atoms with Crippen molar-refractivity contribution in [3.8, 4) is 0 Å². The Morgan fingerprint density at radius 3 is 2.45 bits per heavy atom. The molecule has 0 heterocycles. The molecule has 0 amide bonds. The van der Waals surface area contributed by atoms with Crippen LogP contribution < -0.4 is 5.73 Å². The van der Waals surface area contributed by atoms with Crippen molar-refractivity contribution in [2.75, 3.05) is 7.11 Å². The molecular formula is C6H13ClN2O2. The third kappa shape index (κ3) is 9.23. The number of methoxy groups -OCH3 is 1. The lowest BCUT2D eigenvalue weighted by Gasteiger charge is -1.96. The predicted molar refractivity (Wildman–Crippen MR) is 45.0 cm³/mol. The number of hydrogen-bond donors (Lipinski definition) is 2. The maximum atomic E-state index is 10.5. The summed E-state index contributed by atoms with van der Waals surface area (Å²) >= 11 is 0. The van der Waals surface area contributed by atoms with Gasteiger partial charge in [-0.1, -0.05) is 0 Å². The van der Waals surface area contributed by atoms with Gasteiger partial charge in [0.05, 0.1) is 12.9 Å². The average Bonchev–Trinajstić information content (AvgIpc) is 1.87. The third-order valence-corrected chi connectivity index (χ3v) is 1.05. The molecule has 0 aliphatic heterocycles. The second-order valence-corrected chi connectivity index (χ2v) is 1.95. The van der Waals surface area contributed by atoms with Gasteiger partial charge < -0.3 is 10.5 Å². The molecular weight excluding hydrogens is 168 g/mol. The number of carbonyl (C=O) groups is 1. The fourth-order valence-electron chi connectivity index (χ4n) is 0.525. The Morgan fingerprint density at radius 1 is 1.55 bits per heavy atom. The number of halogens is 1. The van der Waals surface area contributed by atoms with Crippen LogP contribution in [0.25, 0.3) is 0 Å². The van der Waals surface area contributed by atoms with E-state index in [1.54, 1.807) is 0 Å². The lowest BCUT2D eigenvalue weighted by molar-refractivity contribution is -0.140. The molecule has 0 saturated carbocycles. The smallest absolute Gasteiger partial charge is 0.305 e. The van der Waals surface area contributed by atoms with Gasteiger partial charge in [0.1, 0.15) is 0 Å². The maximum absolute atomic E-state index is 10.5. The van der Waals surface area contributed by atoms with Gasteiger partial charge in [-0.15, -0.1) is 12.4 Å². The fraction of sp³-hybridized carbons (Fsp3) is 0.667. The number of hydrogen-bond acceptors (Lipinski definition) is 3. The van der Waals surface area contributed by atoms with E-state index in [0.717, 1.165) is 0 Å². The molecule has 0 rings (SSSR count). The van der Waals surface area contributed by atoms with Crippen LogP contribution in [0.2, 0.25) is 0 Å². The number of nitrogens with two attached hydrogens (primary N) is 1. The van der Waals surface area contributed by atoms with E-state index < -0.39 is 0 Å². The topological polar surface area (TPSA) is 76.2 Å². The van der Waals surface area contributed by atoms with Gasteiger partial charge in [-0.2, -0.15) is 0 Å². The van der Waals surface area contributed by atoms with E-state index in [-0.39, 0.29) is 24.2 Å². The van der Waals surface area contributed by atoms with Crippen LogP contribution in [-0.4, -0.2) is 18.9 Å². The Hall–Kier alpha value is -0.770. The second kappa shape index (κ2) is 7.34. The summed E-state index contributed by atoms with van der Waals surface area (Å²) in [5.74, 6) is -0.134.